The number of aromatic nitrogens is 2. The number of anilines is 2. The number of hydrogen-bond acceptors (Lipinski definition) is 4. The van der Waals surface area contributed by atoms with Gasteiger partial charge in [0.05, 0.1) is 12.4 Å². The fraction of sp³-hybridized carbons (Fsp3) is 0.556. The summed E-state index contributed by atoms with van der Waals surface area (Å²) in [5.41, 5.74) is -1.80. The van der Waals surface area contributed by atoms with Crippen LogP contribution in [0.15, 0.2) is 12.4 Å². The van der Waals surface area contributed by atoms with Gasteiger partial charge < -0.3 is 10.6 Å². The van der Waals surface area contributed by atoms with Gasteiger partial charge in [-0.3, -0.25) is 4.98 Å². The first-order chi connectivity index (χ1) is 7.47. The van der Waals surface area contributed by atoms with E-state index in [-0.39, 0.29) is 18.7 Å². The molecule has 0 radical (unpaired) electrons. The summed E-state index contributed by atoms with van der Waals surface area (Å²) in [6, 6.07) is 0. The highest BCUT2D eigenvalue weighted by Crippen LogP contribution is 2.50. The summed E-state index contributed by atoms with van der Waals surface area (Å²) in [4.78, 5) is 7.74. The number of rotatable bonds is 3. The van der Waals surface area contributed by atoms with Crippen molar-refractivity contribution in [1.82, 2.24) is 9.97 Å². The van der Waals surface area contributed by atoms with E-state index in [1.807, 2.05) is 0 Å². The van der Waals surface area contributed by atoms with Gasteiger partial charge in [-0.05, 0) is 12.8 Å². The maximum atomic E-state index is 12.6. The SMILES string of the molecule is CNc1cncc(NC2(C(F)(F)F)CC2)n1. The predicted molar refractivity (Wildman–Crippen MR) is 53.2 cm³/mol. The number of hydrogen-bond donors (Lipinski definition) is 2. The quantitative estimate of drug-likeness (QED) is 0.837. The highest BCUT2D eigenvalue weighted by Gasteiger charge is 2.63. The Hall–Kier alpha value is -1.53. The van der Waals surface area contributed by atoms with Crippen molar-refractivity contribution in [2.75, 3.05) is 17.7 Å². The molecule has 1 aliphatic carbocycles. The summed E-state index contributed by atoms with van der Waals surface area (Å²) >= 11 is 0. The summed E-state index contributed by atoms with van der Waals surface area (Å²) in [6.45, 7) is 0. The van der Waals surface area contributed by atoms with Crippen LogP contribution in [0.1, 0.15) is 12.8 Å². The zero-order valence-corrected chi connectivity index (χ0v) is 8.60. The highest BCUT2D eigenvalue weighted by molar-refractivity contribution is 5.45. The van der Waals surface area contributed by atoms with Gasteiger partial charge in [0.1, 0.15) is 17.2 Å². The molecule has 1 aromatic rings. The minimum atomic E-state index is -4.25. The molecule has 1 heterocycles. The molecule has 0 spiro atoms. The molecule has 88 valence electrons. The average molecular weight is 232 g/mol. The van der Waals surface area contributed by atoms with E-state index < -0.39 is 11.7 Å². The zero-order chi connectivity index (χ0) is 11.8. The molecule has 7 heteroatoms. The van der Waals surface area contributed by atoms with E-state index in [9.17, 15) is 13.2 Å². The Balaban J connectivity index is 2.15. The molecule has 0 saturated heterocycles. The second kappa shape index (κ2) is 3.50. The molecular formula is C9H11F3N4. The molecule has 1 aliphatic rings. The molecule has 0 amide bonds. The minimum Gasteiger partial charge on any atom is -0.372 e. The molecule has 2 rings (SSSR count). The first-order valence-electron chi connectivity index (χ1n) is 4.82. The van der Waals surface area contributed by atoms with Gasteiger partial charge in [0, 0.05) is 7.05 Å². The Bertz CT molecular complexity index is 387. The van der Waals surface area contributed by atoms with Crippen molar-refractivity contribution in [3.05, 3.63) is 12.4 Å². The second-order valence-corrected chi connectivity index (χ2v) is 3.74. The van der Waals surface area contributed by atoms with Crippen LogP contribution in [-0.4, -0.2) is 28.7 Å². The number of nitrogens with zero attached hydrogens (tertiary/aromatic N) is 2. The van der Waals surface area contributed by atoms with Crippen molar-refractivity contribution in [2.24, 2.45) is 0 Å². The van der Waals surface area contributed by atoms with Crippen LogP contribution >= 0.6 is 0 Å². The van der Waals surface area contributed by atoms with Crippen molar-refractivity contribution in [3.63, 3.8) is 0 Å². The second-order valence-electron chi connectivity index (χ2n) is 3.74. The first kappa shape index (κ1) is 11.0. The van der Waals surface area contributed by atoms with E-state index in [1.165, 1.54) is 12.4 Å². The zero-order valence-electron chi connectivity index (χ0n) is 8.60. The predicted octanol–water partition coefficient (Wildman–Crippen LogP) is 2.03. The van der Waals surface area contributed by atoms with Gasteiger partial charge in [-0.15, -0.1) is 0 Å². The maximum Gasteiger partial charge on any atom is 0.411 e. The van der Waals surface area contributed by atoms with Gasteiger partial charge in [0.15, 0.2) is 0 Å². The smallest absolute Gasteiger partial charge is 0.372 e. The number of nitrogens with one attached hydrogen (secondary N) is 2. The number of alkyl halides is 3. The normalized spacial score (nSPS) is 18.0. The van der Waals surface area contributed by atoms with Crippen LogP contribution in [0.25, 0.3) is 0 Å². The number of halogens is 3. The lowest BCUT2D eigenvalue weighted by Gasteiger charge is -2.21. The maximum absolute atomic E-state index is 12.6. The third-order valence-electron chi connectivity index (χ3n) is 2.55. The molecule has 0 aromatic carbocycles. The Morgan fingerprint density at radius 1 is 1.25 bits per heavy atom. The van der Waals surface area contributed by atoms with E-state index in [1.54, 1.807) is 7.05 Å². The molecule has 1 fully saturated rings. The van der Waals surface area contributed by atoms with Crippen LogP contribution in [0.2, 0.25) is 0 Å². The molecule has 0 unspecified atom stereocenters. The van der Waals surface area contributed by atoms with E-state index in [2.05, 4.69) is 20.6 Å². The molecule has 0 atom stereocenters. The van der Waals surface area contributed by atoms with Crippen LogP contribution in [0, 0.1) is 0 Å². The molecule has 1 aromatic heterocycles. The first-order valence-corrected chi connectivity index (χ1v) is 4.82. The van der Waals surface area contributed by atoms with Gasteiger partial charge in [0.25, 0.3) is 0 Å². The summed E-state index contributed by atoms with van der Waals surface area (Å²) in [5, 5.41) is 5.12. The van der Waals surface area contributed by atoms with Crippen molar-refractivity contribution in [1.29, 1.82) is 0 Å². The molecular weight excluding hydrogens is 221 g/mol. The van der Waals surface area contributed by atoms with Crippen LogP contribution in [0.5, 0.6) is 0 Å². The largest absolute Gasteiger partial charge is 0.411 e. The molecule has 2 N–H and O–H groups in total. The molecule has 0 bridgehead atoms. The fourth-order valence-corrected chi connectivity index (χ4v) is 1.40. The minimum absolute atomic E-state index is 0.0853. The lowest BCUT2D eigenvalue weighted by atomic mass is 10.2. The van der Waals surface area contributed by atoms with Crippen molar-refractivity contribution < 1.29 is 13.2 Å². The molecule has 1 saturated carbocycles. The van der Waals surface area contributed by atoms with E-state index in [4.69, 9.17) is 0 Å². The molecule has 16 heavy (non-hydrogen) atoms. The van der Waals surface area contributed by atoms with Crippen molar-refractivity contribution >= 4 is 11.6 Å². The third kappa shape index (κ3) is 1.89. The topological polar surface area (TPSA) is 49.8 Å². The van der Waals surface area contributed by atoms with Gasteiger partial charge >= 0.3 is 6.18 Å². The monoisotopic (exact) mass is 232 g/mol. The van der Waals surface area contributed by atoms with Gasteiger partial charge in [-0.1, -0.05) is 0 Å². The van der Waals surface area contributed by atoms with Gasteiger partial charge in [-0.25, -0.2) is 4.98 Å². The summed E-state index contributed by atoms with van der Waals surface area (Å²) < 4.78 is 37.9. The Morgan fingerprint density at radius 3 is 2.38 bits per heavy atom. The lowest BCUT2D eigenvalue weighted by Crippen LogP contribution is -2.38. The van der Waals surface area contributed by atoms with Crippen LogP contribution in [-0.2, 0) is 0 Å². The van der Waals surface area contributed by atoms with Crippen molar-refractivity contribution in [3.8, 4) is 0 Å². The van der Waals surface area contributed by atoms with Crippen LogP contribution in [0.3, 0.4) is 0 Å². The van der Waals surface area contributed by atoms with Crippen LogP contribution in [0.4, 0.5) is 24.8 Å². The molecule has 4 nitrogen and oxygen atoms in total. The van der Waals surface area contributed by atoms with Gasteiger partial charge in [0.2, 0.25) is 0 Å². The summed E-state index contributed by atoms with van der Waals surface area (Å²) in [5.74, 6) is 0.574. The average Bonchev–Trinajstić information content (AvgIpc) is 2.98. The van der Waals surface area contributed by atoms with Crippen LogP contribution < -0.4 is 10.6 Å². The lowest BCUT2D eigenvalue weighted by molar-refractivity contribution is -0.151. The third-order valence-corrected chi connectivity index (χ3v) is 2.55. The molecule has 0 aliphatic heterocycles. The fourth-order valence-electron chi connectivity index (χ4n) is 1.40. The van der Waals surface area contributed by atoms with Crippen molar-refractivity contribution in [2.45, 2.75) is 24.6 Å². The Kier molecular flexibility index (Phi) is 2.40. The van der Waals surface area contributed by atoms with E-state index in [0.29, 0.717) is 5.82 Å². The van der Waals surface area contributed by atoms with E-state index in [0.717, 1.165) is 0 Å². The summed E-state index contributed by atoms with van der Waals surface area (Å²) in [6.07, 6.45) is -1.35. The Morgan fingerprint density at radius 2 is 1.88 bits per heavy atom. The van der Waals surface area contributed by atoms with E-state index >= 15 is 0 Å². The standard InChI is InChI=1S/C9H11F3N4/c1-13-6-4-14-5-7(15-6)16-8(2-3-8)9(10,11)12/h4-5H,2-3H2,1H3,(H2,13,15,16). The highest BCUT2D eigenvalue weighted by atomic mass is 19.4. The van der Waals surface area contributed by atoms with Gasteiger partial charge in [-0.2, -0.15) is 13.2 Å². The Labute approximate surface area is 90.3 Å². The summed E-state index contributed by atoms with van der Waals surface area (Å²) in [7, 11) is 1.63.